The van der Waals surface area contributed by atoms with Gasteiger partial charge in [0.2, 0.25) is 11.8 Å². The third-order valence-corrected chi connectivity index (χ3v) is 7.37. The largest absolute Gasteiger partial charge is 0.295 e. The molecule has 3 fully saturated rings. The quantitative estimate of drug-likeness (QED) is 0.521. The van der Waals surface area contributed by atoms with E-state index in [0.29, 0.717) is 11.3 Å². The smallest absolute Gasteiger partial charge is 0.237 e. The van der Waals surface area contributed by atoms with Gasteiger partial charge in [0.15, 0.2) is 5.78 Å². The molecule has 2 amide bonds. The van der Waals surface area contributed by atoms with Gasteiger partial charge in [0.1, 0.15) is 0 Å². The summed E-state index contributed by atoms with van der Waals surface area (Å²) in [4.78, 5) is 39.3. The van der Waals surface area contributed by atoms with E-state index in [2.05, 4.69) is 15.9 Å². The van der Waals surface area contributed by atoms with E-state index in [0.717, 1.165) is 17.3 Å². The molecule has 0 radical (unpaired) electrons. The predicted molar refractivity (Wildman–Crippen MR) is 109 cm³/mol. The van der Waals surface area contributed by atoms with Crippen molar-refractivity contribution in [2.75, 3.05) is 4.90 Å². The monoisotopic (exact) mass is 437 g/mol. The number of rotatable bonds is 3. The normalized spacial score (nSPS) is 30.8. The van der Waals surface area contributed by atoms with Crippen molar-refractivity contribution in [1.82, 2.24) is 0 Å². The van der Waals surface area contributed by atoms with Gasteiger partial charge in [-0.1, -0.05) is 40.2 Å². The number of fused-ring (bicyclic) bond motifs is 5. The van der Waals surface area contributed by atoms with Gasteiger partial charge in [0, 0.05) is 10.0 Å². The molecule has 0 unspecified atom stereocenters. The van der Waals surface area contributed by atoms with Crippen LogP contribution in [-0.4, -0.2) is 17.6 Å². The van der Waals surface area contributed by atoms with E-state index in [4.69, 9.17) is 0 Å². The van der Waals surface area contributed by atoms with Gasteiger partial charge in [-0.3, -0.25) is 19.3 Å². The zero-order chi connectivity index (χ0) is 19.6. The molecule has 4 nitrogen and oxygen atoms in total. The van der Waals surface area contributed by atoms with E-state index < -0.39 is 0 Å². The van der Waals surface area contributed by atoms with Crippen LogP contribution in [0.4, 0.5) is 5.69 Å². The Morgan fingerprint density at radius 3 is 2.21 bits per heavy atom. The molecule has 1 aliphatic heterocycles. The van der Waals surface area contributed by atoms with Crippen molar-refractivity contribution in [3.63, 3.8) is 0 Å². The number of carbonyl (C=O) groups is 3. The summed E-state index contributed by atoms with van der Waals surface area (Å²) in [7, 11) is 0. The maximum atomic E-state index is 13.2. The summed E-state index contributed by atoms with van der Waals surface area (Å²) in [5.74, 6) is 0.348. The lowest BCUT2D eigenvalue weighted by Crippen LogP contribution is -2.32. The van der Waals surface area contributed by atoms with Crippen molar-refractivity contribution >= 4 is 39.2 Å². The number of carbonyl (C=O) groups excluding carboxylic acids is 3. The van der Waals surface area contributed by atoms with E-state index >= 15 is 0 Å². The van der Waals surface area contributed by atoms with Crippen LogP contribution in [0.15, 0.2) is 53.0 Å². The topological polar surface area (TPSA) is 54.5 Å². The summed E-state index contributed by atoms with van der Waals surface area (Å²) in [6.07, 6.45) is 1.89. The van der Waals surface area contributed by atoms with Crippen LogP contribution in [0.3, 0.4) is 0 Å². The molecule has 5 heteroatoms. The summed E-state index contributed by atoms with van der Waals surface area (Å²) < 4.78 is 0.921. The Balaban J connectivity index is 1.44. The average Bonchev–Trinajstić information content (AvgIpc) is 3.34. The SMILES string of the molecule is CC(=O)c1ccc([C@@H]2C[C@H]3C[C@H]2[C@@H]2C(=O)N(c4ccc(Br)cc4)C(=O)[C@H]32)cc1. The molecule has 2 aromatic carbocycles. The standard InChI is InChI=1S/C23H20BrNO3/c1-12(26)13-2-4-14(5-3-13)18-10-15-11-19(18)21-20(15)22(27)25(23(21)28)17-8-6-16(24)7-9-17/h2-9,15,18-21H,10-11H2,1H3/t15-,18-,19+,20+,21-/m0/s1. The molecule has 0 aromatic heterocycles. The Labute approximate surface area is 172 Å². The minimum absolute atomic E-state index is 0.0322. The lowest BCUT2D eigenvalue weighted by atomic mass is 9.72. The number of nitrogens with zero attached hydrogens (tertiary/aromatic N) is 1. The number of amides is 2. The van der Waals surface area contributed by atoms with E-state index in [9.17, 15) is 14.4 Å². The molecule has 2 bridgehead atoms. The molecular weight excluding hydrogens is 418 g/mol. The number of ketones is 1. The molecule has 142 valence electrons. The van der Waals surface area contributed by atoms with Crippen LogP contribution in [0.2, 0.25) is 0 Å². The second kappa shape index (κ2) is 6.38. The number of halogens is 1. The number of hydrogen-bond acceptors (Lipinski definition) is 3. The first kappa shape index (κ1) is 17.8. The molecule has 28 heavy (non-hydrogen) atoms. The first-order valence-corrected chi connectivity index (χ1v) is 10.5. The fourth-order valence-corrected chi connectivity index (χ4v) is 5.92. The van der Waals surface area contributed by atoms with E-state index in [1.165, 1.54) is 10.5 Å². The van der Waals surface area contributed by atoms with Crippen molar-refractivity contribution in [3.8, 4) is 0 Å². The van der Waals surface area contributed by atoms with Crippen LogP contribution in [0.5, 0.6) is 0 Å². The number of hydrogen-bond donors (Lipinski definition) is 0. The fraction of sp³-hybridized carbons (Fsp3) is 0.348. The maximum absolute atomic E-state index is 13.2. The Morgan fingerprint density at radius 2 is 1.57 bits per heavy atom. The Hall–Kier alpha value is -2.27. The molecule has 0 N–H and O–H groups in total. The minimum Gasteiger partial charge on any atom is -0.295 e. The Morgan fingerprint density at radius 1 is 0.929 bits per heavy atom. The molecular formula is C23H20BrNO3. The molecule has 5 rings (SSSR count). The van der Waals surface area contributed by atoms with Crippen LogP contribution in [0, 0.1) is 23.7 Å². The van der Waals surface area contributed by atoms with Gasteiger partial charge in [-0.15, -0.1) is 0 Å². The Bertz CT molecular complexity index is 982. The minimum atomic E-state index is -0.215. The zero-order valence-corrected chi connectivity index (χ0v) is 17.1. The summed E-state index contributed by atoms with van der Waals surface area (Å²) in [6.45, 7) is 1.57. The van der Waals surface area contributed by atoms with Gasteiger partial charge in [-0.05, 0) is 67.3 Å². The highest BCUT2D eigenvalue weighted by Gasteiger charge is 2.64. The van der Waals surface area contributed by atoms with Crippen molar-refractivity contribution < 1.29 is 14.4 Å². The average molecular weight is 438 g/mol. The number of benzene rings is 2. The first-order valence-electron chi connectivity index (χ1n) is 9.70. The second-order valence-electron chi connectivity index (χ2n) is 8.22. The van der Waals surface area contributed by atoms with Crippen molar-refractivity contribution in [2.24, 2.45) is 23.7 Å². The number of Topliss-reactive ketones (excluding diaryl/α,β-unsaturated/α-hetero) is 1. The second-order valence-corrected chi connectivity index (χ2v) is 9.14. The lowest BCUT2D eigenvalue weighted by molar-refractivity contribution is -0.123. The summed E-state index contributed by atoms with van der Waals surface area (Å²) in [5, 5.41) is 0. The van der Waals surface area contributed by atoms with Crippen LogP contribution in [0.25, 0.3) is 0 Å². The van der Waals surface area contributed by atoms with E-state index in [1.807, 2.05) is 48.5 Å². The van der Waals surface area contributed by atoms with Gasteiger partial charge >= 0.3 is 0 Å². The maximum Gasteiger partial charge on any atom is 0.237 e. The fourth-order valence-electron chi connectivity index (χ4n) is 5.65. The van der Waals surface area contributed by atoms with Crippen LogP contribution < -0.4 is 4.90 Å². The van der Waals surface area contributed by atoms with Gasteiger partial charge in [0.25, 0.3) is 0 Å². The van der Waals surface area contributed by atoms with Crippen LogP contribution >= 0.6 is 15.9 Å². The molecule has 1 saturated heterocycles. The van der Waals surface area contributed by atoms with Gasteiger partial charge in [-0.25, -0.2) is 0 Å². The van der Waals surface area contributed by atoms with Crippen molar-refractivity contribution in [2.45, 2.75) is 25.7 Å². The third-order valence-electron chi connectivity index (χ3n) is 6.85. The number of anilines is 1. The number of imide groups is 1. The van der Waals surface area contributed by atoms with E-state index in [-0.39, 0.29) is 47.2 Å². The highest BCUT2D eigenvalue weighted by Crippen LogP contribution is 2.61. The molecule has 5 atom stereocenters. The predicted octanol–water partition coefficient (Wildman–Crippen LogP) is 4.58. The van der Waals surface area contributed by atoms with Crippen molar-refractivity contribution in [3.05, 3.63) is 64.1 Å². The molecule has 2 aliphatic carbocycles. The van der Waals surface area contributed by atoms with Gasteiger partial charge in [-0.2, -0.15) is 0 Å². The highest BCUT2D eigenvalue weighted by molar-refractivity contribution is 9.10. The highest BCUT2D eigenvalue weighted by atomic mass is 79.9. The Kier molecular flexibility index (Phi) is 4.05. The first-order chi connectivity index (χ1) is 13.5. The molecule has 2 aromatic rings. The molecule has 0 spiro atoms. The molecule has 1 heterocycles. The van der Waals surface area contributed by atoms with E-state index in [1.54, 1.807) is 6.92 Å². The van der Waals surface area contributed by atoms with Gasteiger partial charge < -0.3 is 0 Å². The summed E-state index contributed by atoms with van der Waals surface area (Å²) >= 11 is 3.40. The zero-order valence-electron chi connectivity index (χ0n) is 15.5. The third kappa shape index (κ3) is 2.52. The molecule has 2 saturated carbocycles. The van der Waals surface area contributed by atoms with Crippen LogP contribution in [-0.2, 0) is 9.59 Å². The van der Waals surface area contributed by atoms with Crippen molar-refractivity contribution in [1.29, 1.82) is 0 Å². The summed E-state index contributed by atoms with van der Waals surface area (Å²) in [5.41, 5.74) is 2.55. The van der Waals surface area contributed by atoms with Crippen LogP contribution in [0.1, 0.15) is 41.6 Å². The summed E-state index contributed by atoms with van der Waals surface area (Å²) in [6, 6.07) is 15.1. The van der Waals surface area contributed by atoms with Gasteiger partial charge in [0.05, 0.1) is 17.5 Å². The lowest BCUT2D eigenvalue weighted by Gasteiger charge is -2.29. The molecule has 3 aliphatic rings.